The van der Waals surface area contributed by atoms with E-state index < -0.39 is 6.10 Å². The van der Waals surface area contributed by atoms with Gasteiger partial charge in [-0.3, -0.25) is 14.8 Å². The number of hydrogen-bond acceptors (Lipinski definition) is 5. The Bertz CT molecular complexity index is 523. The molecule has 1 saturated heterocycles. The van der Waals surface area contributed by atoms with Crippen molar-refractivity contribution < 1.29 is 9.90 Å². The Hall–Kier alpha value is -1.44. The number of aromatic amines is 1. The van der Waals surface area contributed by atoms with Crippen LogP contribution in [0.2, 0.25) is 0 Å². The smallest absolute Gasteiger partial charge is 0.274 e. The van der Waals surface area contributed by atoms with Crippen LogP contribution in [0.5, 0.6) is 0 Å². The summed E-state index contributed by atoms with van der Waals surface area (Å²) < 4.78 is 0. The summed E-state index contributed by atoms with van der Waals surface area (Å²) in [7, 11) is 3.82. The number of β-amino-alcohol motifs (C(OH)–C–C–N with tert-alkyl or cyclic N) is 1. The third-order valence-electron chi connectivity index (χ3n) is 4.37. The maximum absolute atomic E-state index is 12.4. The van der Waals surface area contributed by atoms with Crippen LogP contribution in [0.25, 0.3) is 0 Å². The van der Waals surface area contributed by atoms with Gasteiger partial charge >= 0.3 is 0 Å². The first kappa shape index (κ1) is 18.9. The molecule has 2 rings (SSSR count). The van der Waals surface area contributed by atoms with Gasteiger partial charge in [0, 0.05) is 52.0 Å². The summed E-state index contributed by atoms with van der Waals surface area (Å²) >= 11 is 0. The summed E-state index contributed by atoms with van der Waals surface area (Å²) in [5.41, 5.74) is 1.39. The van der Waals surface area contributed by atoms with E-state index in [9.17, 15) is 9.90 Å². The third-order valence-corrected chi connectivity index (χ3v) is 4.37. The number of aliphatic hydroxyl groups is 1. The fraction of sp³-hybridized carbons (Fsp3) is 0.765. The maximum atomic E-state index is 12.4. The predicted octanol–water partition coefficient (Wildman–Crippen LogP) is 0.289. The van der Waals surface area contributed by atoms with Crippen molar-refractivity contribution in [3.8, 4) is 0 Å². The minimum Gasteiger partial charge on any atom is -0.390 e. The summed E-state index contributed by atoms with van der Waals surface area (Å²) in [5, 5.41) is 17.3. The van der Waals surface area contributed by atoms with Crippen LogP contribution >= 0.6 is 0 Å². The summed E-state index contributed by atoms with van der Waals surface area (Å²) in [5.74, 6) is 0.357. The lowest BCUT2D eigenvalue weighted by molar-refractivity contribution is 0.0498. The van der Waals surface area contributed by atoms with Gasteiger partial charge in [0.15, 0.2) is 0 Å². The number of carbonyl (C=O) groups excluding carboxylic acids is 1. The van der Waals surface area contributed by atoms with E-state index in [0.717, 1.165) is 38.3 Å². The number of piperazine rings is 1. The van der Waals surface area contributed by atoms with Gasteiger partial charge < -0.3 is 14.9 Å². The zero-order valence-corrected chi connectivity index (χ0v) is 15.3. The van der Waals surface area contributed by atoms with E-state index in [1.165, 1.54) is 0 Å². The molecule has 1 amide bonds. The number of hydrogen-bond donors (Lipinski definition) is 2. The van der Waals surface area contributed by atoms with Gasteiger partial charge in [-0.05, 0) is 25.5 Å². The largest absolute Gasteiger partial charge is 0.390 e. The van der Waals surface area contributed by atoms with Crippen LogP contribution < -0.4 is 0 Å². The number of amides is 1. The Labute approximate surface area is 144 Å². The van der Waals surface area contributed by atoms with Crippen LogP contribution in [0, 0.1) is 5.92 Å². The summed E-state index contributed by atoms with van der Waals surface area (Å²) in [4.78, 5) is 18.5. The van der Waals surface area contributed by atoms with E-state index >= 15 is 0 Å². The zero-order chi connectivity index (χ0) is 17.7. The van der Waals surface area contributed by atoms with Gasteiger partial charge in [-0.2, -0.15) is 5.10 Å². The van der Waals surface area contributed by atoms with E-state index in [1.807, 2.05) is 6.07 Å². The SMILES string of the molecule is CC(C)Cc1cc(C(=O)N(C)CC(O)CN2CCN(C)CC2)n[nH]1. The fourth-order valence-electron chi connectivity index (χ4n) is 3.00. The number of nitrogens with one attached hydrogen (secondary N) is 1. The second kappa shape index (κ2) is 8.60. The predicted molar refractivity (Wildman–Crippen MR) is 94.0 cm³/mol. The Morgan fingerprint density at radius 2 is 2.04 bits per heavy atom. The highest BCUT2D eigenvalue weighted by molar-refractivity contribution is 5.92. The zero-order valence-electron chi connectivity index (χ0n) is 15.3. The molecule has 0 radical (unpaired) electrons. The van der Waals surface area contributed by atoms with Gasteiger partial charge in [0.05, 0.1) is 6.10 Å². The maximum Gasteiger partial charge on any atom is 0.274 e. The molecule has 1 aliphatic heterocycles. The Morgan fingerprint density at radius 3 is 2.67 bits per heavy atom. The van der Waals surface area contributed by atoms with Crippen LogP contribution in [0.1, 0.15) is 30.0 Å². The average Bonchev–Trinajstić information content (AvgIpc) is 2.96. The summed E-state index contributed by atoms with van der Waals surface area (Å²) in [6.07, 6.45) is 0.326. The number of aromatic nitrogens is 2. The highest BCUT2D eigenvalue weighted by Gasteiger charge is 2.21. The van der Waals surface area contributed by atoms with Crippen LogP contribution in [0.4, 0.5) is 0 Å². The molecule has 0 aliphatic carbocycles. The first-order chi connectivity index (χ1) is 11.3. The van der Waals surface area contributed by atoms with Gasteiger partial charge in [-0.15, -0.1) is 0 Å². The van der Waals surface area contributed by atoms with Crippen molar-refractivity contribution in [3.63, 3.8) is 0 Å². The first-order valence-corrected chi connectivity index (χ1v) is 8.74. The highest BCUT2D eigenvalue weighted by atomic mass is 16.3. The lowest BCUT2D eigenvalue weighted by Crippen LogP contribution is -2.49. The number of aliphatic hydroxyl groups excluding tert-OH is 1. The monoisotopic (exact) mass is 337 g/mol. The van der Waals surface area contributed by atoms with Gasteiger partial charge in [0.1, 0.15) is 5.69 Å². The van der Waals surface area contributed by atoms with E-state index in [1.54, 1.807) is 11.9 Å². The molecule has 1 aromatic heterocycles. The van der Waals surface area contributed by atoms with Gasteiger partial charge in [0.2, 0.25) is 0 Å². The van der Waals surface area contributed by atoms with Gasteiger partial charge in [0.25, 0.3) is 5.91 Å². The van der Waals surface area contributed by atoms with Gasteiger partial charge in [-0.25, -0.2) is 0 Å². The van der Waals surface area contributed by atoms with Crippen LogP contribution in [-0.2, 0) is 6.42 Å². The molecule has 0 saturated carbocycles. The van der Waals surface area contributed by atoms with Crippen LogP contribution in [0.3, 0.4) is 0 Å². The number of H-pyrrole nitrogens is 1. The molecule has 2 N–H and O–H groups in total. The van der Waals surface area contributed by atoms with Crippen LogP contribution in [-0.4, -0.2) is 95.4 Å². The average molecular weight is 337 g/mol. The van der Waals surface area contributed by atoms with Crippen molar-refractivity contribution >= 4 is 5.91 Å². The number of carbonyl (C=O) groups is 1. The lowest BCUT2D eigenvalue weighted by atomic mass is 10.1. The van der Waals surface area contributed by atoms with E-state index in [4.69, 9.17) is 0 Å². The topological polar surface area (TPSA) is 75.7 Å². The molecule has 0 aromatic carbocycles. The normalized spacial score (nSPS) is 18.1. The highest BCUT2D eigenvalue weighted by Crippen LogP contribution is 2.09. The number of nitrogens with zero attached hydrogens (tertiary/aromatic N) is 4. The molecule has 0 spiro atoms. The van der Waals surface area contributed by atoms with Gasteiger partial charge in [-0.1, -0.05) is 13.8 Å². The van der Waals surface area contributed by atoms with Crippen molar-refractivity contribution in [1.82, 2.24) is 24.9 Å². The molecule has 0 bridgehead atoms. The first-order valence-electron chi connectivity index (χ1n) is 8.74. The Morgan fingerprint density at radius 1 is 1.38 bits per heavy atom. The quantitative estimate of drug-likeness (QED) is 0.748. The van der Waals surface area contributed by atoms with E-state index in [2.05, 4.69) is 40.9 Å². The van der Waals surface area contributed by atoms with Crippen molar-refractivity contribution in [2.24, 2.45) is 5.92 Å². The molecule has 136 valence electrons. The van der Waals surface area contributed by atoms with Crippen molar-refractivity contribution in [3.05, 3.63) is 17.5 Å². The second-order valence-corrected chi connectivity index (χ2v) is 7.32. The summed E-state index contributed by atoms with van der Waals surface area (Å²) in [6.45, 7) is 9.14. The molecule has 1 atom stereocenters. The molecule has 2 heterocycles. The molecular weight excluding hydrogens is 306 g/mol. The molecule has 7 nitrogen and oxygen atoms in total. The third kappa shape index (κ3) is 5.58. The summed E-state index contributed by atoms with van der Waals surface area (Å²) in [6, 6.07) is 1.81. The van der Waals surface area contributed by atoms with Crippen molar-refractivity contribution in [2.75, 3.05) is 53.4 Å². The van der Waals surface area contributed by atoms with E-state index in [0.29, 0.717) is 24.7 Å². The molecule has 1 fully saturated rings. The Balaban J connectivity index is 1.81. The number of rotatable bonds is 7. The minimum atomic E-state index is -0.545. The molecule has 1 unspecified atom stereocenters. The van der Waals surface area contributed by atoms with Crippen molar-refractivity contribution in [1.29, 1.82) is 0 Å². The molecule has 1 aliphatic rings. The molecule has 7 heteroatoms. The van der Waals surface area contributed by atoms with Crippen LogP contribution in [0.15, 0.2) is 6.07 Å². The molecular formula is C17H31N5O2. The minimum absolute atomic E-state index is 0.154. The fourth-order valence-corrected chi connectivity index (χ4v) is 3.00. The number of likely N-dealkylation sites (N-methyl/N-ethyl adjacent to an activating group) is 2. The standard InChI is InChI=1S/C17H31N5O2/c1-13(2)9-14-10-16(19-18-14)17(24)21(4)11-15(23)12-22-7-5-20(3)6-8-22/h10,13,15,23H,5-9,11-12H2,1-4H3,(H,18,19). The molecule has 24 heavy (non-hydrogen) atoms. The van der Waals surface area contributed by atoms with E-state index in [-0.39, 0.29) is 5.91 Å². The molecule has 1 aromatic rings. The Kier molecular flexibility index (Phi) is 6.77. The lowest BCUT2D eigenvalue weighted by Gasteiger charge is -2.34. The van der Waals surface area contributed by atoms with Crippen molar-refractivity contribution in [2.45, 2.75) is 26.4 Å². The second-order valence-electron chi connectivity index (χ2n) is 7.32.